The number of esters is 1. The predicted octanol–water partition coefficient (Wildman–Crippen LogP) is 1.80. The van der Waals surface area contributed by atoms with E-state index in [4.69, 9.17) is 9.47 Å². The van der Waals surface area contributed by atoms with Gasteiger partial charge in [0.05, 0.1) is 7.11 Å². The van der Waals surface area contributed by atoms with Gasteiger partial charge >= 0.3 is 12.1 Å². The Balaban J connectivity index is 2.36. The van der Waals surface area contributed by atoms with Gasteiger partial charge in [-0.3, -0.25) is 0 Å². The summed E-state index contributed by atoms with van der Waals surface area (Å²) in [4.78, 5) is 23.5. The third-order valence-electron chi connectivity index (χ3n) is 3.04. The number of alkyl carbamates (subject to hydrolysis) is 1. The van der Waals surface area contributed by atoms with Gasteiger partial charge in [0, 0.05) is 6.54 Å². The van der Waals surface area contributed by atoms with Gasteiger partial charge in [0.25, 0.3) is 0 Å². The van der Waals surface area contributed by atoms with Gasteiger partial charge in [-0.15, -0.1) is 0 Å². The molecule has 0 fully saturated rings. The van der Waals surface area contributed by atoms with Crippen LogP contribution >= 0.6 is 11.8 Å². The van der Waals surface area contributed by atoms with Gasteiger partial charge in [-0.2, -0.15) is 11.8 Å². The number of rotatable bonds is 10. The van der Waals surface area contributed by atoms with E-state index in [-0.39, 0.29) is 6.61 Å². The maximum atomic E-state index is 11.8. The van der Waals surface area contributed by atoms with E-state index in [1.807, 2.05) is 36.6 Å². The molecule has 0 spiro atoms. The largest absolute Gasteiger partial charge is 0.467 e. The first-order valence-electron chi connectivity index (χ1n) is 7.42. The van der Waals surface area contributed by atoms with Crippen LogP contribution in [-0.4, -0.2) is 50.3 Å². The number of amides is 1. The summed E-state index contributed by atoms with van der Waals surface area (Å²) in [5.74, 6) is 0.543. The Labute approximate surface area is 141 Å². The summed E-state index contributed by atoms with van der Waals surface area (Å²) in [7, 11) is 1.29. The van der Waals surface area contributed by atoms with Gasteiger partial charge in [0.15, 0.2) is 0 Å². The van der Waals surface area contributed by atoms with Crippen molar-refractivity contribution in [1.82, 2.24) is 10.6 Å². The normalized spacial score (nSPS) is 11.6. The number of hydrogen-bond acceptors (Lipinski definition) is 6. The zero-order valence-corrected chi connectivity index (χ0v) is 14.4. The van der Waals surface area contributed by atoms with Crippen molar-refractivity contribution in [3.63, 3.8) is 0 Å². The molecule has 0 unspecified atom stereocenters. The number of benzene rings is 1. The lowest BCUT2D eigenvalue weighted by Crippen LogP contribution is -2.48. The Morgan fingerprint density at radius 2 is 2.00 bits per heavy atom. The van der Waals surface area contributed by atoms with Crippen LogP contribution in [0.3, 0.4) is 0 Å². The molecule has 6 nitrogen and oxygen atoms in total. The molecule has 1 amide bonds. The van der Waals surface area contributed by atoms with Crippen LogP contribution in [0.2, 0.25) is 0 Å². The van der Waals surface area contributed by atoms with Gasteiger partial charge in [0.1, 0.15) is 12.6 Å². The number of carbonyl (C=O) groups excluding carboxylic acids is 2. The van der Waals surface area contributed by atoms with Crippen molar-refractivity contribution in [2.24, 2.45) is 0 Å². The Bertz CT molecular complexity index is 470. The highest BCUT2D eigenvalue weighted by Gasteiger charge is 2.21. The van der Waals surface area contributed by atoms with E-state index in [1.54, 1.807) is 11.8 Å². The fourth-order valence-corrected chi connectivity index (χ4v) is 2.26. The molecular weight excluding hydrogens is 316 g/mol. The number of carbonyl (C=O) groups is 2. The predicted molar refractivity (Wildman–Crippen MR) is 91.4 cm³/mol. The summed E-state index contributed by atoms with van der Waals surface area (Å²) in [6.07, 6.45) is 2.39. The molecule has 7 heteroatoms. The molecule has 2 N–H and O–H groups in total. The molecule has 0 saturated carbocycles. The van der Waals surface area contributed by atoms with Gasteiger partial charge in [-0.05, 0) is 30.5 Å². The fraction of sp³-hybridized carbons (Fsp3) is 0.500. The molecule has 0 saturated heterocycles. The van der Waals surface area contributed by atoms with Crippen LogP contribution in [0.5, 0.6) is 0 Å². The van der Waals surface area contributed by atoms with Crippen LogP contribution in [0.1, 0.15) is 12.0 Å². The van der Waals surface area contributed by atoms with Crippen molar-refractivity contribution in [1.29, 1.82) is 0 Å². The maximum absolute atomic E-state index is 11.8. The molecule has 1 aromatic carbocycles. The SMILES string of the molecule is COC(=O)[C@H](CNCCCSC)NC(=O)OCc1ccccc1. The van der Waals surface area contributed by atoms with E-state index in [1.165, 1.54) is 7.11 Å². The molecule has 23 heavy (non-hydrogen) atoms. The highest BCUT2D eigenvalue weighted by Crippen LogP contribution is 2.01. The molecule has 1 atom stereocenters. The minimum atomic E-state index is -0.766. The lowest BCUT2D eigenvalue weighted by atomic mass is 10.2. The number of methoxy groups -OCH3 is 1. The molecule has 0 aliphatic carbocycles. The first-order valence-corrected chi connectivity index (χ1v) is 8.81. The van der Waals surface area contributed by atoms with Crippen molar-refractivity contribution < 1.29 is 19.1 Å². The van der Waals surface area contributed by atoms with Crippen molar-refractivity contribution in [2.45, 2.75) is 19.1 Å². The van der Waals surface area contributed by atoms with E-state index in [0.29, 0.717) is 6.54 Å². The monoisotopic (exact) mass is 340 g/mol. The molecular formula is C16H24N2O4S. The first kappa shape index (κ1) is 19.3. The van der Waals surface area contributed by atoms with Crippen molar-refractivity contribution in [3.8, 4) is 0 Å². The van der Waals surface area contributed by atoms with Crippen molar-refractivity contribution in [3.05, 3.63) is 35.9 Å². The van der Waals surface area contributed by atoms with E-state index in [2.05, 4.69) is 10.6 Å². The topological polar surface area (TPSA) is 76.7 Å². The van der Waals surface area contributed by atoms with Crippen molar-refractivity contribution >= 4 is 23.8 Å². The van der Waals surface area contributed by atoms with Gasteiger partial charge in [-0.1, -0.05) is 30.3 Å². The average molecular weight is 340 g/mol. The quantitative estimate of drug-likeness (QED) is 0.500. The van der Waals surface area contributed by atoms with Crippen LogP contribution in [0.4, 0.5) is 4.79 Å². The zero-order chi connectivity index (χ0) is 16.9. The van der Waals surface area contributed by atoms with E-state index in [0.717, 1.165) is 24.3 Å². The second-order valence-corrected chi connectivity index (χ2v) is 5.82. The molecule has 1 aromatic rings. The highest BCUT2D eigenvalue weighted by molar-refractivity contribution is 7.98. The average Bonchev–Trinajstić information content (AvgIpc) is 2.59. The van der Waals surface area contributed by atoms with Crippen molar-refractivity contribution in [2.75, 3.05) is 32.2 Å². The summed E-state index contributed by atoms with van der Waals surface area (Å²) >= 11 is 1.77. The molecule has 0 aliphatic heterocycles. The van der Waals surface area contributed by atoms with Gasteiger partial charge in [0.2, 0.25) is 0 Å². The van der Waals surface area contributed by atoms with Crippen LogP contribution < -0.4 is 10.6 Å². The Morgan fingerprint density at radius 3 is 2.65 bits per heavy atom. The number of nitrogens with one attached hydrogen (secondary N) is 2. The van der Waals surface area contributed by atoms with E-state index in [9.17, 15) is 9.59 Å². The Kier molecular flexibility index (Phi) is 9.90. The minimum absolute atomic E-state index is 0.154. The molecule has 0 aromatic heterocycles. The molecule has 0 aliphatic rings. The smallest absolute Gasteiger partial charge is 0.408 e. The molecule has 0 radical (unpaired) electrons. The Hall–Kier alpha value is -1.73. The number of thioether (sulfide) groups is 1. The maximum Gasteiger partial charge on any atom is 0.408 e. The second kappa shape index (κ2) is 11.8. The van der Waals surface area contributed by atoms with E-state index >= 15 is 0 Å². The van der Waals surface area contributed by atoms with Crippen LogP contribution in [-0.2, 0) is 20.9 Å². The van der Waals surface area contributed by atoms with Gasteiger partial charge in [-0.25, -0.2) is 9.59 Å². The molecule has 0 heterocycles. The third kappa shape index (κ3) is 8.47. The summed E-state index contributed by atoms with van der Waals surface area (Å²) in [5, 5.41) is 5.66. The summed E-state index contributed by atoms with van der Waals surface area (Å²) in [5.41, 5.74) is 0.882. The third-order valence-corrected chi connectivity index (χ3v) is 3.74. The number of ether oxygens (including phenoxy) is 2. The second-order valence-electron chi connectivity index (χ2n) is 4.83. The summed E-state index contributed by atoms with van der Waals surface area (Å²) < 4.78 is 9.81. The van der Waals surface area contributed by atoms with E-state index < -0.39 is 18.1 Å². The summed E-state index contributed by atoms with van der Waals surface area (Å²) in [6, 6.07) is 8.58. The van der Waals surface area contributed by atoms with Crippen LogP contribution in [0.25, 0.3) is 0 Å². The highest BCUT2D eigenvalue weighted by atomic mass is 32.2. The van der Waals surface area contributed by atoms with Gasteiger partial charge < -0.3 is 20.1 Å². The fourth-order valence-electron chi connectivity index (χ4n) is 1.83. The van der Waals surface area contributed by atoms with Crippen LogP contribution in [0.15, 0.2) is 30.3 Å². The van der Waals surface area contributed by atoms with Crippen LogP contribution in [0, 0.1) is 0 Å². The molecule has 128 valence electrons. The summed E-state index contributed by atoms with van der Waals surface area (Å²) in [6.45, 7) is 1.23. The minimum Gasteiger partial charge on any atom is -0.467 e. The molecule has 1 rings (SSSR count). The Morgan fingerprint density at radius 1 is 1.26 bits per heavy atom. The zero-order valence-electron chi connectivity index (χ0n) is 13.5. The first-order chi connectivity index (χ1) is 11.2. The number of hydrogen-bond donors (Lipinski definition) is 2. The molecule has 0 bridgehead atoms. The lowest BCUT2D eigenvalue weighted by molar-refractivity contribution is -0.142. The standard InChI is InChI=1S/C16H24N2O4S/c1-21-15(19)14(11-17-9-6-10-23-2)18-16(20)22-12-13-7-4-3-5-8-13/h3-5,7-8,14,17H,6,9-12H2,1-2H3,(H,18,20)/t14-/m0/s1. The lowest BCUT2D eigenvalue weighted by Gasteiger charge is -2.17.